The second-order valence-electron chi connectivity index (χ2n) is 3.85. The van der Waals surface area contributed by atoms with E-state index in [4.69, 9.17) is 16.3 Å². The Hall–Kier alpha value is -0.710. The number of nitrogens with one attached hydrogen (secondary N) is 1. The monoisotopic (exact) mass is 345 g/mol. The lowest BCUT2D eigenvalue weighted by atomic mass is 10.2. The van der Waals surface area contributed by atoms with Crippen LogP contribution in [-0.4, -0.2) is 7.11 Å². The zero-order valence-corrected chi connectivity index (χ0v) is 13.2. The first kappa shape index (κ1) is 13.7. The lowest BCUT2D eigenvalue weighted by Crippen LogP contribution is -2.05. The SMILES string of the molecule is COc1ccc(Br)c(NC(C)c2ccc(Cl)s2)c1. The number of thiophene rings is 1. The quantitative estimate of drug-likeness (QED) is 0.806. The second kappa shape index (κ2) is 5.95. The first-order valence-corrected chi connectivity index (χ1v) is 7.44. The number of anilines is 1. The summed E-state index contributed by atoms with van der Waals surface area (Å²) >= 11 is 11.1. The summed E-state index contributed by atoms with van der Waals surface area (Å²) in [6, 6.07) is 10.0. The number of methoxy groups -OCH3 is 1. The Balaban J connectivity index is 2.18. The van der Waals surface area contributed by atoms with E-state index >= 15 is 0 Å². The Morgan fingerprint density at radius 1 is 1.33 bits per heavy atom. The van der Waals surface area contributed by atoms with Crippen molar-refractivity contribution >= 4 is 44.6 Å². The number of ether oxygens (including phenoxy) is 1. The first-order chi connectivity index (χ1) is 8.60. The Morgan fingerprint density at radius 2 is 2.11 bits per heavy atom. The summed E-state index contributed by atoms with van der Waals surface area (Å²) in [6.45, 7) is 2.11. The Labute approximate surface area is 124 Å². The molecule has 0 saturated heterocycles. The van der Waals surface area contributed by atoms with E-state index in [-0.39, 0.29) is 6.04 Å². The van der Waals surface area contributed by atoms with Crippen molar-refractivity contribution in [2.75, 3.05) is 12.4 Å². The molecule has 0 aliphatic carbocycles. The molecule has 0 amide bonds. The van der Waals surface area contributed by atoms with Crippen LogP contribution in [0.4, 0.5) is 5.69 Å². The third-order valence-corrected chi connectivity index (χ3v) is 4.67. The van der Waals surface area contributed by atoms with Crippen LogP contribution >= 0.6 is 38.9 Å². The van der Waals surface area contributed by atoms with Crippen LogP contribution in [0.1, 0.15) is 17.8 Å². The molecule has 2 nitrogen and oxygen atoms in total. The summed E-state index contributed by atoms with van der Waals surface area (Å²) in [5.41, 5.74) is 1.01. The van der Waals surface area contributed by atoms with Crippen molar-refractivity contribution in [1.82, 2.24) is 0 Å². The maximum absolute atomic E-state index is 5.95. The van der Waals surface area contributed by atoms with Gasteiger partial charge in [-0.1, -0.05) is 11.6 Å². The highest BCUT2D eigenvalue weighted by Crippen LogP contribution is 2.33. The molecule has 2 aromatic rings. The van der Waals surface area contributed by atoms with E-state index in [1.54, 1.807) is 18.4 Å². The Morgan fingerprint density at radius 3 is 2.72 bits per heavy atom. The molecule has 1 atom stereocenters. The van der Waals surface area contributed by atoms with Gasteiger partial charge in [0.15, 0.2) is 0 Å². The Kier molecular flexibility index (Phi) is 4.54. The molecule has 1 N–H and O–H groups in total. The van der Waals surface area contributed by atoms with Crippen LogP contribution in [0.2, 0.25) is 4.34 Å². The maximum Gasteiger partial charge on any atom is 0.121 e. The van der Waals surface area contributed by atoms with E-state index in [0.717, 1.165) is 20.2 Å². The number of hydrogen-bond acceptors (Lipinski definition) is 3. The van der Waals surface area contributed by atoms with Crippen LogP contribution in [0.5, 0.6) is 5.75 Å². The highest BCUT2D eigenvalue weighted by Gasteiger charge is 2.10. The largest absolute Gasteiger partial charge is 0.497 e. The van der Waals surface area contributed by atoms with Crippen LogP contribution in [0, 0.1) is 0 Å². The molecule has 0 bridgehead atoms. The van der Waals surface area contributed by atoms with Gasteiger partial charge < -0.3 is 10.1 Å². The fourth-order valence-electron chi connectivity index (χ4n) is 1.61. The predicted octanol–water partition coefficient (Wildman–Crippen LogP) is 5.35. The summed E-state index contributed by atoms with van der Waals surface area (Å²) < 4.78 is 7.04. The molecule has 96 valence electrons. The minimum atomic E-state index is 0.200. The average Bonchev–Trinajstić information content (AvgIpc) is 2.79. The van der Waals surface area contributed by atoms with E-state index in [1.165, 1.54) is 4.88 Å². The predicted molar refractivity (Wildman–Crippen MR) is 82.1 cm³/mol. The number of halogens is 2. The molecule has 18 heavy (non-hydrogen) atoms. The molecule has 5 heteroatoms. The number of rotatable bonds is 4. The molecule has 0 saturated carbocycles. The number of benzene rings is 1. The zero-order valence-electron chi connectivity index (χ0n) is 10.0. The van der Waals surface area contributed by atoms with Crippen LogP contribution < -0.4 is 10.1 Å². The van der Waals surface area contributed by atoms with Gasteiger partial charge in [0.05, 0.1) is 23.2 Å². The van der Waals surface area contributed by atoms with Gasteiger partial charge in [-0.2, -0.15) is 0 Å². The molecule has 1 heterocycles. The van der Waals surface area contributed by atoms with Crippen molar-refractivity contribution in [2.45, 2.75) is 13.0 Å². The minimum absolute atomic E-state index is 0.200. The van der Waals surface area contributed by atoms with Gasteiger partial charge in [0.25, 0.3) is 0 Å². The van der Waals surface area contributed by atoms with Crippen LogP contribution in [0.15, 0.2) is 34.8 Å². The third kappa shape index (κ3) is 3.19. The molecule has 0 aliphatic heterocycles. The highest BCUT2D eigenvalue weighted by molar-refractivity contribution is 9.10. The highest BCUT2D eigenvalue weighted by atomic mass is 79.9. The summed E-state index contributed by atoms with van der Waals surface area (Å²) in [6.07, 6.45) is 0. The molecule has 1 unspecified atom stereocenters. The van der Waals surface area contributed by atoms with Gasteiger partial charge in [-0.15, -0.1) is 11.3 Å². The Bertz CT molecular complexity index is 544. The molecule has 2 rings (SSSR count). The molecular weight excluding hydrogens is 334 g/mol. The minimum Gasteiger partial charge on any atom is -0.497 e. The van der Waals surface area contributed by atoms with Gasteiger partial charge in [-0.05, 0) is 47.1 Å². The molecule has 1 aromatic heterocycles. The van der Waals surface area contributed by atoms with Gasteiger partial charge >= 0.3 is 0 Å². The standard InChI is InChI=1S/C13H13BrClNOS/c1-8(12-5-6-13(15)18-12)16-11-7-9(17-2)3-4-10(11)14/h3-8,16H,1-2H3. The second-order valence-corrected chi connectivity index (χ2v) is 6.45. The van der Waals surface area contributed by atoms with Crippen molar-refractivity contribution in [3.63, 3.8) is 0 Å². The summed E-state index contributed by atoms with van der Waals surface area (Å²) in [5.74, 6) is 0.831. The summed E-state index contributed by atoms with van der Waals surface area (Å²) in [4.78, 5) is 1.20. The normalized spacial score (nSPS) is 12.2. The van der Waals surface area contributed by atoms with Crippen molar-refractivity contribution in [1.29, 1.82) is 0 Å². The number of hydrogen-bond donors (Lipinski definition) is 1. The fourth-order valence-corrected chi connectivity index (χ4v) is 3.03. The van der Waals surface area contributed by atoms with Gasteiger partial charge in [-0.25, -0.2) is 0 Å². The summed E-state index contributed by atoms with van der Waals surface area (Å²) in [5, 5.41) is 3.44. The van der Waals surface area contributed by atoms with Gasteiger partial charge in [0.2, 0.25) is 0 Å². The first-order valence-electron chi connectivity index (χ1n) is 5.45. The van der Waals surface area contributed by atoms with E-state index in [1.807, 2.05) is 30.3 Å². The zero-order chi connectivity index (χ0) is 13.1. The van der Waals surface area contributed by atoms with Gasteiger partial charge in [0, 0.05) is 15.4 Å². The van der Waals surface area contributed by atoms with E-state index in [9.17, 15) is 0 Å². The van der Waals surface area contributed by atoms with Crippen LogP contribution in [0.3, 0.4) is 0 Å². The van der Waals surface area contributed by atoms with Crippen LogP contribution in [0.25, 0.3) is 0 Å². The molecule has 1 aromatic carbocycles. The third-order valence-electron chi connectivity index (χ3n) is 2.57. The molecular formula is C13H13BrClNOS. The van der Waals surface area contributed by atoms with Gasteiger partial charge in [-0.3, -0.25) is 0 Å². The van der Waals surface area contributed by atoms with Gasteiger partial charge in [0.1, 0.15) is 5.75 Å². The van der Waals surface area contributed by atoms with E-state index < -0.39 is 0 Å². The molecule has 0 radical (unpaired) electrons. The van der Waals surface area contributed by atoms with E-state index in [2.05, 4.69) is 28.2 Å². The van der Waals surface area contributed by atoms with E-state index in [0.29, 0.717) is 0 Å². The molecule has 0 spiro atoms. The molecule has 0 fully saturated rings. The van der Waals surface area contributed by atoms with Crippen molar-refractivity contribution in [3.8, 4) is 5.75 Å². The average molecular weight is 347 g/mol. The van der Waals surface area contributed by atoms with Crippen molar-refractivity contribution < 1.29 is 4.74 Å². The van der Waals surface area contributed by atoms with Crippen LogP contribution in [-0.2, 0) is 0 Å². The lowest BCUT2D eigenvalue weighted by Gasteiger charge is -2.16. The van der Waals surface area contributed by atoms with Crippen molar-refractivity contribution in [3.05, 3.63) is 44.0 Å². The summed E-state index contributed by atoms with van der Waals surface area (Å²) in [7, 11) is 1.66. The van der Waals surface area contributed by atoms with Crippen molar-refractivity contribution in [2.24, 2.45) is 0 Å². The topological polar surface area (TPSA) is 21.3 Å². The smallest absolute Gasteiger partial charge is 0.121 e. The molecule has 0 aliphatic rings. The lowest BCUT2D eigenvalue weighted by molar-refractivity contribution is 0.415. The maximum atomic E-state index is 5.95. The fraction of sp³-hybridized carbons (Fsp3) is 0.231.